The monoisotopic (exact) mass is 406 g/mol. The van der Waals surface area contributed by atoms with Crippen LogP contribution in [0.3, 0.4) is 0 Å². The van der Waals surface area contributed by atoms with Crippen molar-refractivity contribution in [3.8, 4) is 5.75 Å². The molecule has 2 aromatic carbocycles. The van der Waals surface area contributed by atoms with Gasteiger partial charge in [-0.05, 0) is 48.7 Å². The van der Waals surface area contributed by atoms with Gasteiger partial charge in [0.05, 0.1) is 31.6 Å². The highest BCUT2D eigenvalue weighted by Crippen LogP contribution is 2.33. The Morgan fingerprint density at radius 1 is 1.23 bits per heavy atom. The van der Waals surface area contributed by atoms with Crippen molar-refractivity contribution in [2.45, 2.75) is 32.0 Å². The van der Waals surface area contributed by atoms with E-state index in [4.69, 9.17) is 9.15 Å². The first-order chi connectivity index (χ1) is 14.6. The molecule has 2 heterocycles. The van der Waals surface area contributed by atoms with E-state index in [0.29, 0.717) is 29.5 Å². The number of carbonyl (C=O) groups excluding carboxylic acids is 1. The molecule has 4 rings (SSSR count). The molecule has 30 heavy (non-hydrogen) atoms. The highest BCUT2D eigenvalue weighted by Gasteiger charge is 2.28. The van der Waals surface area contributed by atoms with Crippen molar-refractivity contribution in [3.05, 3.63) is 83.3 Å². The number of hydrogen-bond donors (Lipinski definition) is 2. The fourth-order valence-electron chi connectivity index (χ4n) is 3.92. The maximum Gasteiger partial charge on any atom is 0.255 e. The summed E-state index contributed by atoms with van der Waals surface area (Å²) >= 11 is 0. The van der Waals surface area contributed by atoms with E-state index in [1.165, 1.54) is 17.5 Å². The van der Waals surface area contributed by atoms with Crippen LogP contribution < -0.4 is 15.0 Å². The van der Waals surface area contributed by atoms with Gasteiger partial charge in [-0.1, -0.05) is 30.3 Å². The number of furan rings is 1. The molecular formula is C24H26N2O4. The van der Waals surface area contributed by atoms with E-state index in [1.807, 2.05) is 6.07 Å². The number of carbonyl (C=O) groups is 1. The average molecular weight is 406 g/mol. The molecule has 0 aliphatic carbocycles. The molecule has 1 aromatic heterocycles. The number of para-hydroxylation sites is 1. The smallest absolute Gasteiger partial charge is 0.255 e. The van der Waals surface area contributed by atoms with Crippen LogP contribution >= 0.6 is 0 Å². The lowest BCUT2D eigenvalue weighted by Crippen LogP contribution is -2.31. The fraction of sp³-hybridized carbons (Fsp3) is 0.292. The first kappa shape index (κ1) is 20.0. The van der Waals surface area contributed by atoms with Crippen molar-refractivity contribution in [2.75, 3.05) is 18.6 Å². The summed E-state index contributed by atoms with van der Waals surface area (Å²) in [5.74, 6) is 1.08. The summed E-state index contributed by atoms with van der Waals surface area (Å²) in [7, 11) is 1.59. The second-order valence-corrected chi connectivity index (χ2v) is 7.57. The minimum Gasteiger partial charge on any atom is -0.497 e. The zero-order chi connectivity index (χ0) is 21.1. The van der Waals surface area contributed by atoms with E-state index in [-0.39, 0.29) is 12.5 Å². The number of fused-ring (bicyclic) bond motifs is 1. The predicted octanol–water partition coefficient (Wildman–Crippen LogP) is 3.70. The van der Waals surface area contributed by atoms with Gasteiger partial charge < -0.3 is 24.5 Å². The van der Waals surface area contributed by atoms with Crippen LogP contribution in [0, 0.1) is 0 Å². The molecule has 1 aliphatic heterocycles. The van der Waals surface area contributed by atoms with Crippen LogP contribution in [0.25, 0.3) is 0 Å². The summed E-state index contributed by atoms with van der Waals surface area (Å²) in [5.41, 5.74) is 3.70. The van der Waals surface area contributed by atoms with Crippen molar-refractivity contribution in [2.24, 2.45) is 0 Å². The van der Waals surface area contributed by atoms with E-state index < -0.39 is 6.10 Å². The van der Waals surface area contributed by atoms with Gasteiger partial charge in [0.15, 0.2) is 0 Å². The Bertz CT molecular complexity index is 1010. The lowest BCUT2D eigenvalue weighted by atomic mass is 10.1. The highest BCUT2D eigenvalue weighted by atomic mass is 16.5. The van der Waals surface area contributed by atoms with E-state index in [2.05, 4.69) is 35.3 Å². The van der Waals surface area contributed by atoms with Crippen molar-refractivity contribution in [3.63, 3.8) is 0 Å². The summed E-state index contributed by atoms with van der Waals surface area (Å²) in [6.07, 6.45) is 1.71. The van der Waals surface area contributed by atoms with Crippen LogP contribution in [0.2, 0.25) is 0 Å². The van der Waals surface area contributed by atoms with E-state index in [0.717, 1.165) is 12.2 Å². The second-order valence-electron chi connectivity index (χ2n) is 7.57. The third kappa shape index (κ3) is 4.04. The molecule has 6 heteroatoms. The Morgan fingerprint density at radius 2 is 2.00 bits per heavy atom. The molecule has 6 nitrogen and oxygen atoms in total. The van der Waals surface area contributed by atoms with Crippen molar-refractivity contribution in [1.82, 2.24) is 5.32 Å². The number of anilines is 1. The standard InChI is InChI=1S/C24H26N2O4/c1-16-13-18-5-3-4-6-21(18)26(16)15-23-20(11-12-30-23)24(28)25-14-22(27)17-7-9-19(29-2)10-8-17/h3-12,16,22,27H,13-15H2,1-2H3,(H,25,28). The van der Waals surface area contributed by atoms with Gasteiger partial charge in [0.25, 0.3) is 5.91 Å². The Kier molecular flexibility index (Phi) is 5.77. The molecule has 0 saturated heterocycles. The minimum atomic E-state index is -0.805. The number of rotatable bonds is 7. The lowest BCUT2D eigenvalue weighted by molar-refractivity contribution is 0.0914. The number of methoxy groups -OCH3 is 1. The molecule has 2 unspecified atom stereocenters. The van der Waals surface area contributed by atoms with Gasteiger partial charge >= 0.3 is 0 Å². The molecular weight excluding hydrogens is 380 g/mol. The number of hydrogen-bond acceptors (Lipinski definition) is 5. The predicted molar refractivity (Wildman–Crippen MR) is 115 cm³/mol. The lowest BCUT2D eigenvalue weighted by Gasteiger charge is -2.24. The molecule has 2 N–H and O–H groups in total. The summed E-state index contributed by atoms with van der Waals surface area (Å²) in [6, 6.07) is 17.5. The fourth-order valence-corrected chi connectivity index (χ4v) is 3.92. The molecule has 1 amide bonds. The molecule has 0 saturated carbocycles. The van der Waals surface area contributed by atoms with Crippen LogP contribution in [0.1, 0.15) is 40.3 Å². The summed E-state index contributed by atoms with van der Waals surface area (Å²) in [6.45, 7) is 2.81. The van der Waals surface area contributed by atoms with Gasteiger partial charge in [0.2, 0.25) is 0 Å². The number of nitrogens with zero attached hydrogens (tertiary/aromatic N) is 1. The number of benzene rings is 2. The second kappa shape index (κ2) is 8.63. The van der Waals surface area contributed by atoms with Gasteiger partial charge in [-0.2, -0.15) is 0 Å². The number of amides is 1. The van der Waals surface area contributed by atoms with Crippen LogP contribution in [0.15, 0.2) is 65.3 Å². The van der Waals surface area contributed by atoms with Crippen molar-refractivity contribution >= 4 is 11.6 Å². The molecule has 156 valence electrons. The topological polar surface area (TPSA) is 74.9 Å². The molecule has 3 aromatic rings. The average Bonchev–Trinajstić information content (AvgIpc) is 3.36. The van der Waals surface area contributed by atoms with Crippen LogP contribution in [-0.4, -0.2) is 30.7 Å². The molecule has 0 bridgehead atoms. The van der Waals surface area contributed by atoms with Gasteiger partial charge in [0, 0.05) is 18.3 Å². The number of ether oxygens (including phenoxy) is 1. The molecule has 0 fully saturated rings. The highest BCUT2D eigenvalue weighted by molar-refractivity contribution is 5.95. The Morgan fingerprint density at radius 3 is 2.77 bits per heavy atom. The molecule has 2 atom stereocenters. The van der Waals surface area contributed by atoms with Gasteiger partial charge in [-0.25, -0.2) is 0 Å². The minimum absolute atomic E-state index is 0.110. The van der Waals surface area contributed by atoms with E-state index >= 15 is 0 Å². The number of aliphatic hydroxyl groups excluding tert-OH is 1. The summed E-state index contributed by atoms with van der Waals surface area (Å²) in [5, 5.41) is 13.2. The SMILES string of the molecule is COc1ccc(C(O)CNC(=O)c2ccoc2CN2c3ccccc3CC2C)cc1. The largest absolute Gasteiger partial charge is 0.497 e. The van der Waals surface area contributed by atoms with Crippen LogP contribution in [0.5, 0.6) is 5.75 Å². The Hall–Kier alpha value is -3.25. The summed E-state index contributed by atoms with van der Waals surface area (Å²) in [4.78, 5) is 15.0. The number of nitrogens with one attached hydrogen (secondary N) is 1. The van der Waals surface area contributed by atoms with Gasteiger partial charge in [-0.15, -0.1) is 0 Å². The van der Waals surface area contributed by atoms with E-state index in [9.17, 15) is 9.90 Å². The van der Waals surface area contributed by atoms with Gasteiger partial charge in [-0.3, -0.25) is 4.79 Å². The van der Waals surface area contributed by atoms with Crippen LogP contribution in [-0.2, 0) is 13.0 Å². The molecule has 0 spiro atoms. The first-order valence-electron chi connectivity index (χ1n) is 10.1. The quantitative estimate of drug-likeness (QED) is 0.626. The maximum absolute atomic E-state index is 12.7. The zero-order valence-electron chi connectivity index (χ0n) is 17.2. The third-order valence-corrected chi connectivity index (χ3v) is 5.61. The van der Waals surface area contributed by atoms with Gasteiger partial charge in [0.1, 0.15) is 11.5 Å². The maximum atomic E-state index is 12.7. The number of aliphatic hydroxyl groups is 1. The van der Waals surface area contributed by atoms with Crippen molar-refractivity contribution in [1.29, 1.82) is 0 Å². The normalized spacial score (nSPS) is 16.2. The Balaban J connectivity index is 1.41. The third-order valence-electron chi connectivity index (χ3n) is 5.61. The molecule has 0 radical (unpaired) electrons. The van der Waals surface area contributed by atoms with E-state index in [1.54, 1.807) is 37.4 Å². The first-order valence-corrected chi connectivity index (χ1v) is 10.1. The molecule has 1 aliphatic rings. The summed E-state index contributed by atoms with van der Waals surface area (Å²) < 4.78 is 10.8. The van der Waals surface area contributed by atoms with Crippen molar-refractivity contribution < 1.29 is 19.1 Å². The van der Waals surface area contributed by atoms with Crippen LogP contribution in [0.4, 0.5) is 5.69 Å². The Labute approximate surface area is 176 Å². The zero-order valence-corrected chi connectivity index (χ0v) is 17.2.